The number of rotatable bonds is 16. The summed E-state index contributed by atoms with van der Waals surface area (Å²) in [6.07, 6.45) is 22.0. The predicted molar refractivity (Wildman–Crippen MR) is 96.1 cm³/mol. The molecule has 0 saturated carbocycles. The molecule has 0 spiro atoms. The van der Waals surface area contributed by atoms with Gasteiger partial charge in [-0.1, -0.05) is 70.4 Å². The number of hydrogen-bond donors (Lipinski definition) is 0. The third-order valence-electron chi connectivity index (χ3n) is 3.95. The average Bonchev–Trinajstić information content (AvgIpc) is 2.51. The van der Waals surface area contributed by atoms with E-state index in [1.807, 2.05) is 6.92 Å². The normalized spacial score (nSPS) is 11.2. The van der Waals surface area contributed by atoms with E-state index < -0.39 is 0 Å². The van der Waals surface area contributed by atoms with Crippen LogP contribution in [0.1, 0.15) is 104 Å². The number of ether oxygens (including phenoxy) is 1. The summed E-state index contributed by atoms with van der Waals surface area (Å²) < 4.78 is 4.92. The summed E-state index contributed by atoms with van der Waals surface area (Å²) >= 11 is 0. The molecular formula is C20H38O2. The van der Waals surface area contributed by atoms with Gasteiger partial charge in [-0.15, -0.1) is 0 Å². The summed E-state index contributed by atoms with van der Waals surface area (Å²) in [6.45, 7) is 4.63. The van der Waals surface area contributed by atoms with Crippen LogP contribution in [0.2, 0.25) is 0 Å². The van der Waals surface area contributed by atoms with Crippen molar-refractivity contribution in [3.05, 3.63) is 12.2 Å². The van der Waals surface area contributed by atoms with Gasteiger partial charge in [0, 0.05) is 6.42 Å². The van der Waals surface area contributed by atoms with E-state index in [1.165, 1.54) is 70.6 Å². The molecule has 0 aliphatic heterocycles. The van der Waals surface area contributed by atoms with Crippen LogP contribution in [-0.2, 0) is 9.53 Å². The standard InChI is InChI=1S/C20H38O2/c1-3-5-6-7-8-9-10-11-12-13-14-15-16-17-18-19-20(21)22-4-2/h9-10H,3-8,11-19H2,1-2H3. The topological polar surface area (TPSA) is 26.3 Å². The molecule has 0 atom stereocenters. The van der Waals surface area contributed by atoms with E-state index in [-0.39, 0.29) is 5.97 Å². The molecule has 0 aromatic rings. The van der Waals surface area contributed by atoms with Crippen molar-refractivity contribution in [2.24, 2.45) is 0 Å². The monoisotopic (exact) mass is 310 g/mol. The molecule has 0 saturated heterocycles. The largest absolute Gasteiger partial charge is 0.466 e. The van der Waals surface area contributed by atoms with Gasteiger partial charge in [-0.2, -0.15) is 0 Å². The van der Waals surface area contributed by atoms with Gasteiger partial charge < -0.3 is 4.74 Å². The fraction of sp³-hybridized carbons (Fsp3) is 0.850. The molecule has 0 aliphatic carbocycles. The van der Waals surface area contributed by atoms with Gasteiger partial charge in [-0.05, 0) is 39.0 Å². The van der Waals surface area contributed by atoms with E-state index in [1.54, 1.807) is 0 Å². The van der Waals surface area contributed by atoms with Crippen molar-refractivity contribution in [2.45, 2.75) is 104 Å². The van der Waals surface area contributed by atoms with Crippen LogP contribution in [0.3, 0.4) is 0 Å². The lowest BCUT2D eigenvalue weighted by Crippen LogP contribution is -2.03. The molecule has 0 rings (SSSR count). The zero-order chi connectivity index (χ0) is 16.3. The van der Waals surface area contributed by atoms with Gasteiger partial charge in [-0.3, -0.25) is 4.79 Å². The Bertz CT molecular complexity index is 258. The molecule has 0 aromatic carbocycles. The first kappa shape index (κ1) is 21.2. The van der Waals surface area contributed by atoms with Gasteiger partial charge in [0.2, 0.25) is 0 Å². The van der Waals surface area contributed by atoms with Crippen molar-refractivity contribution < 1.29 is 9.53 Å². The van der Waals surface area contributed by atoms with Crippen LogP contribution >= 0.6 is 0 Å². The molecule has 2 heteroatoms. The van der Waals surface area contributed by atoms with Gasteiger partial charge in [0.05, 0.1) is 6.61 Å². The Morgan fingerprint density at radius 2 is 1.23 bits per heavy atom. The SMILES string of the molecule is CCCCCCC=CCCCCCCCCCC(=O)OCC. The predicted octanol–water partition coefficient (Wildman–Crippen LogP) is 6.59. The van der Waals surface area contributed by atoms with Crippen LogP contribution in [0, 0.1) is 0 Å². The van der Waals surface area contributed by atoms with Crippen molar-refractivity contribution in [3.63, 3.8) is 0 Å². The van der Waals surface area contributed by atoms with Crippen LogP contribution in [-0.4, -0.2) is 12.6 Å². The second kappa shape index (κ2) is 18.3. The molecule has 2 nitrogen and oxygen atoms in total. The number of allylic oxidation sites excluding steroid dienone is 2. The number of esters is 1. The summed E-state index contributed by atoms with van der Waals surface area (Å²) in [5, 5.41) is 0. The third kappa shape index (κ3) is 17.3. The molecule has 0 fully saturated rings. The Kier molecular flexibility index (Phi) is 17.6. The first-order valence-corrected chi connectivity index (χ1v) is 9.61. The van der Waals surface area contributed by atoms with E-state index in [4.69, 9.17) is 4.74 Å². The highest BCUT2D eigenvalue weighted by Crippen LogP contribution is 2.11. The molecule has 0 bridgehead atoms. The highest BCUT2D eigenvalue weighted by Gasteiger charge is 2.00. The summed E-state index contributed by atoms with van der Waals surface area (Å²) in [5.41, 5.74) is 0. The lowest BCUT2D eigenvalue weighted by Gasteiger charge is -2.02. The van der Waals surface area contributed by atoms with Crippen LogP contribution in [0.4, 0.5) is 0 Å². The maximum Gasteiger partial charge on any atom is 0.305 e. The van der Waals surface area contributed by atoms with Gasteiger partial charge in [0.1, 0.15) is 0 Å². The minimum absolute atomic E-state index is 0.0380. The minimum atomic E-state index is -0.0380. The fourth-order valence-electron chi connectivity index (χ4n) is 2.57. The van der Waals surface area contributed by atoms with E-state index >= 15 is 0 Å². The van der Waals surface area contributed by atoms with Crippen molar-refractivity contribution in [3.8, 4) is 0 Å². The van der Waals surface area contributed by atoms with Crippen LogP contribution in [0.5, 0.6) is 0 Å². The van der Waals surface area contributed by atoms with Crippen LogP contribution in [0.15, 0.2) is 12.2 Å². The summed E-state index contributed by atoms with van der Waals surface area (Å²) in [6, 6.07) is 0. The average molecular weight is 311 g/mol. The van der Waals surface area contributed by atoms with Crippen molar-refractivity contribution in [1.29, 1.82) is 0 Å². The number of carbonyl (C=O) groups excluding carboxylic acids is 1. The molecule has 0 aromatic heterocycles. The van der Waals surface area contributed by atoms with Gasteiger partial charge in [0.25, 0.3) is 0 Å². The smallest absolute Gasteiger partial charge is 0.305 e. The third-order valence-corrected chi connectivity index (χ3v) is 3.95. The molecule has 130 valence electrons. The number of unbranched alkanes of at least 4 members (excludes halogenated alkanes) is 11. The maximum atomic E-state index is 11.1. The molecule has 0 unspecified atom stereocenters. The Morgan fingerprint density at radius 3 is 1.77 bits per heavy atom. The van der Waals surface area contributed by atoms with E-state index in [2.05, 4.69) is 19.1 Å². The van der Waals surface area contributed by atoms with E-state index in [9.17, 15) is 4.79 Å². The Morgan fingerprint density at radius 1 is 0.727 bits per heavy atom. The minimum Gasteiger partial charge on any atom is -0.466 e. The van der Waals surface area contributed by atoms with Crippen molar-refractivity contribution in [1.82, 2.24) is 0 Å². The zero-order valence-corrected chi connectivity index (χ0v) is 15.1. The lowest BCUT2D eigenvalue weighted by molar-refractivity contribution is -0.143. The van der Waals surface area contributed by atoms with E-state index in [0.29, 0.717) is 13.0 Å². The Hall–Kier alpha value is -0.790. The Labute approximate surface area is 138 Å². The molecule has 0 amide bonds. The summed E-state index contributed by atoms with van der Waals surface area (Å²) in [5.74, 6) is -0.0380. The van der Waals surface area contributed by atoms with Gasteiger partial charge in [-0.25, -0.2) is 0 Å². The first-order chi connectivity index (χ1) is 10.8. The summed E-state index contributed by atoms with van der Waals surface area (Å²) in [7, 11) is 0. The number of hydrogen-bond acceptors (Lipinski definition) is 2. The van der Waals surface area contributed by atoms with Gasteiger partial charge >= 0.3 is 5.97 Å². The fourth-order valence-corrected chi connectivity index (χ4v) is 2.57. The molecule has 0 radical (unpaired) electrons. The van der Waals surface area contributed by atoms with Crippen molar-refractivity contribution >= 4 is 5.97 Å². The second-order valence-corrected chi connectivity index (χ2v) is 6.14. The molecule has 0 N–H and O–H groups in total. The van der Waals surface area contributed by atoms with Crippen molar-refractivity contribution in [2.75, 3.05) is 6.61 Å². The Balaban J connectivity index is 3.11. The van der Waals surface area contributed by atoms with Gasteiger partial charge in [0.15, 0.2) is 0 Å². The van der Waals surface area contributed by atoms with Crippen LogP contribution < -0.4 is 0 Å². The maximum absolute atomic E-state index is 11.1. The van der Waals surface area contributed by atoms with E-state index in [0.717, 1.165) is 12.8 Å². The quantitative estimate of drug-likeness (QED) is 0.183. The molecule has 0 aliphatic rings. The highest BCUT2D eigenvalue weighted by molar-refractivity contribution is 5.69. The first-order valence-electron chi connectivity index (χ1n) is 9.61. The van der Waals surface area contributed by atoms with Crippen LogP contribution in [0.25, 0.3) is 0 Å². The second-order valence-electron chi connectivity index (χ2n) is 6.14. The molecular weight excluding hydrogens is 272 g/mol. The zero-order valence-electron chi connectivity index (χ0n) is 15.1. The number of carbonyl (C=O) groups is 1. The molecule has 0 heterocycles. The molecule has 22 heavy (non-hydrogen) atoms. The summed E-state index contributed by atoms with van der Waals surface area (Å²) in [4.78, 5) is 11.1. The highest BCUT2D eigenvalue weighted by atomic mass is 16.5. The lowest BCUT2D eigenvalue weighted by atomic mass is 10.1.